The maximum Gasteiger partial charge on any atom is 0.310 e. The Labute approximate surface area is 124 Å². The molecule has 0 saturated heterocycles. The highest BCUT2D eigenvalue weighted by molar-refractivity contribution is 5.70. The van der Waals surface area contributed by atoms with E-state index in [1.54, 1.807) is 18.3 Å². The maximum absolute atomic E-state index is 10.8. The molecular formula is C16H18N2O3. The van der Waals surface area contributed by atoms with Gasteiger partial charge in [0, 0.05) is 12.3 Å². The summed E-state index contributed by atoms with van der Waals surface area (Å²) in [4.78, 5) is 14.5. The molecule has 0 unspecified atom stereocenters. The second kappa shape index (κ2) is 8.47. The van der Waals surface area contributed by atoms with Gasteiger partial charge in [0.05, 0.1) is 17.7 Å². The molecule has 1 aromatic carbocycles. The third-order valence-electron chi connectivity index (χ3n) is 2.53. The fourth-order valence-corrected chi connectivity index (χ4v) is 1.60. The predicted molar refractivity (Wildman–Crippen MR) is 84.2 cm³/mol. The number of rotatable bonds is 4. The Morgan fingerprint density at radius 1 is 1.19 bits per heavy atom. The van der Waals surface area contributed by atoms with E-state index in [0.29, 0.717) is 0 Å². The standard InChI is InChI=1S/C14H12N2O3.C2H6/c1-19-14-10-11(6-8-13(14)16(17)18)5-7-12-4-2-3-9-15-12;1-2/h2-10H,1H3;1-2H3/b7-5+;. The van der Waals surface area contributed by atoms with Gasteiger partial charge in [0.15, 0.2) is 5.75 Å². The first kappa shape index (κ1) is 16.4. The summed E-state index contributed by atoms with van der Waals surface area (Å²) in [7, 11) is 1.41. The highest BCUT2D eigenvalue weighted by Crippen LogP contribution is 2.28. The maximum atomic E-state index is 10.8. The molecule has 110 valence electrons. The van der Waals surface area contributed by atoms with Gasteiger partial charge >= 0.3 is 5.69 Å². The molecule has 0 spiro atoms. The van der Waals surface area contributed by atoms with E-state index in [4.69, 9.17) is 4.74 Å². The average Bonchev–Trinajstić information content (AvgIpc) is 2.55. The lowest BCUT2D eigenvalue weighted by Gasteiger charge is -2.02. The minimum atomic E-state index is -0.467. The van der Waals surface area contributed by atoms with Crippen LogP contribution in [0.25, 0.3) is 12.2 Å². The lowest BCUT2D eigenvalue weighted by molar-refractivity contribution is -0.385. The number of aromatic nitrogens is 1. The monoisotopic (exact) mass is 286 g/mol. The van der Waals surface area contributed by atoms with E-state index < -0.39 is 4.92 Å². The summed E-state index contributed by atoms with van der Waals surface area (Å²) in [5.74, 6) is 0.244. The molecule has 0 bridgehead atoms. The van der Waals surface area contributed by atoms with Gasteiger partial charge in [0.25, 0.3) is 0 Å². The Morgan fingerprint density at radius 3 is 2.52 bits per heavy atom. The Hall–Kier alpha value is -2.69. The molecule has 0 N–H and O–H groups in total. The smallest absolute Gasteiger partial charge is 0.310 e. The van der Waals surface area contributed by atoms with E-state index in [-0.39, 0.29) is 11.4 Å². The summed E-state index contributed by atoms with van der Waals surface area (Å²) in [5.41, 5.74) is 1.59. The van der Waals surface area contributed by atoms with Crippen molar-refractivity contribution >= 4 is 17.8 Å². The van der Waals surface area contributed by atoms with Gasteiger partial charge in [-0.2, -0.15) is 0 Å². The molecule has 0 aliphatic heterocycles. The number of ether oxygens (including phenoxy) is 1. The molecule has 0 aliphatic rings. The van der Waals surface area contributed by atoms with Crippen molar-refractivity contribution in [1.29, 1.82) is 0 Å². The van der Waals surface area contributed by atoms with Crippen molar-refractivity contribution in [2.45, 2.75) is 13.8 Å². The molecule has 0 atom stereocenters. The van der Waals surface area contributed by atoms with Gasteiger partial charge in [-0.25, -0.2) is 0 Å². The molecule has 21 heavy (non-hydrogen) atoms. The molecule has 0 fully saturated rings. The number of nitro benzene ring substituents is 1. The first-order chi connectivity index (χ1) is 10.2. The first-order valence-electron chi connectivity index (χ1n) is 6.62. The van der Waals surface area contributed by atoms with Crippen LogP contribution in [0.3, 0.4) is 0 Å². The zero-order valence-corrected chi connectivity index (χ0v) is 12.3. The van der Waals surface area contributed by atoms with Gasteiger partial charge in [0.1, 0.15) is 0 Å². The van der Waals surface area contributed by atoms with Crippen molar-refractivity contribution in [2.24, 2.45) is 0 Å². The molecule has 2 rings (SSSR count). The summed E-state index contributed by atoms with van der Waals surface area (Å²) in [6, 6.07) is 10.3. The van der Waals surface area contributed by atoms with Crippen LogP contribution in [-0.2, 0) is 0 Å². The van der Waals surface area contributed by atoms with Gasteiger partial charge in [-0.15, -0.1) is 0 Å². The molecule has 0 aliphatic carbocycles. The Kier molecular flexibility index (Phi) is 6.60. The van der Waals surface area contributed by atoms with Gasteiger partial charge in [-0.1, -0.05) is 26.0 Å². The van der Waals surface area contributed by atoms with Crippen LogP contribution in [0.5, 0.6) is 5.75 Å². The van der Waals surface area contributed by atoms with Crippen molar-refractivity contribution in [3.05, 3.63) is 64.0 Å². The minimum absolute atomic E-state index is 0.0440. The lowest BCUT2D eigenvalue weighted by atomic mass is 10.1. The number of hydrogen-bond acceptors (Lipinski definition) is 4. The van der Waals surface area contributed by atoms with Crippen LogP contribution in [0.1, 0.15) is 25.1 Å². The molecule has 0 radical (unpaired) electrons. The second-order valence-electron chi connectivity index (χ2n) is 3.78. The molecule has 5 heteroatoms. The lowest BCUT2D eigenvalue weighted by Crippen LogP contribution is -1.93. The SMILES string of the molecule is CC.COc1cc(/C=C/c2ccccn2)ccc1[N+](=O)[O-]. The van der Waals surface area contributed by atoms with Crippen LogP contribution in [0.2, 0.25) is 0 Å². The third kappa shape index (κ3) is 4.72. The quantitative estimate of drug-likeness (QED) is 0.624. The first-order valence-corrected chi connectivity index (χ1v) is 6.62. The normalized spacial score (nSPS) is 9.86. The van der Waals surface area contributed by atoms with E-state index in [2.05, 4.69) is 4.98 Å². The summed E-state index contributed by atoms with van der Waals surface area (Å²) in [6.45, 7) is 4.00. The average molecular weight is 286 g/mol. The Balaban J connectivity index is 0.00000106. The predicted octanol–water partition coefficient (Wildman–Crippen LogP) is 4.20. The Morgan fingerprint density at radius 2 is 1.95 bits per heavy atom. The third-order valence-corrected chi connectivity index (χ3v) is 2.53. The number of benzene rings is 1. The van der Waals surface area contributed by atoms with Gasteiger partial charge in [-0.05, 0) is 35.9 Å². The molecule has 0 saturated carbocycles. The van der Waals surface area contributed by atoms with Gasteiger partial charge in [0.2, 0.25) is 0 Å². The number of pyridine rings is 1. The molecule has 1 aromatic heterocycles. The van der Waals surface area contributed by atoms with Crippen molar-refractivity contribution in [1.82, 2.24) is 4.98 Å². The molecule has 5 nitrogen and oxygen atoms in total. The number of nitrogens with zero attached hydrogens (tertiary/aromatic N) is 2. The summed E-state index contributed by atoms with van der Waals surface area (Å²) < 4.78 is 5.01. The van der Waals surface area contributed by atoms with Crippen molar-refractivity contribution in [3.8, 4) is 5.75 Å². The number of methoxy groups -OCH3 is 1. The van der Waals surface area contributed by atoms with Crippen LogP contribution in [0.4, 0.5) is 5.69 Å². The van der Waals surface area contributed by atoms with Crippen LogP contribution < -0.4 is 4.74 Å². The Bertz CT molecular complexity index is 610. The molecule has 0 amide bonds. The second-order valence-corrected chi connectivity index (χ2v) is 3.78. The molecule has 2 aromatic rings. The fourth-order valence-electron chi connectivity index (χ4n) is 1.60. The zero-order valence-electron chi connectivity index (χ0n) is 12.3. The van der Waals surface area contributed by atoms with E-state index in [1.807, 2.05) is 44.2 Å². The highest BCUT2D eigenvalue weighted by Gasteiger charge is 2.13. The van der Waals surface area contributed by atoms with Crippen LogP contribution >= 0.6 is 0 Å². The minimum Gasteiger partial charge on any atom is -0.490 e. The molecular weight excluding hydrogens is 268 g/mol. The van der Waals surface area contributed by atoms with Crippen LogP contribution in [0, 0.1) is 10.1 Å². The highest BCUT2D eigenvalue weighted by atomic mass is 16.6. The van der Waals surface area contributed by atoms with E-state index in [9.17, 15) is 10.1 Å². The van der Waals surface area contributed by atoms with Gasteiger partial charge in [-0.3, -0.25) is 15.1 Å². The van der Waals surface area contributed by atoms with Crippen molar-refractivity contribution < 1.29 is 9.66 Å². The van der Waals surface area contributed by atoms with Crippen molar-refractivity contribution in [3.63, 3.8) is 0 Å². The van der Waals surface area contributed by atoms with E-state index >= 15 is 0 Å². The topological polar surface area (TPSA) is 65.3 Å². The fraction of sp³-hybridized carbons (Fsp3) is 0.188. The van der Waals surface area contributed by atoms with Crippen LogP contribution in [0.15, 0.2) is 42.6 Å². The summed E-state index contributed by atoms with van der Waals surface area (Å²) >= 11 is 0. The summed E-state index contributed by atoms with van der Waals surface area (Å²) in [6.07, 6.45) is 5.37. The summed E-state index contributed by atoms with van der Waals surface area (Å²) in [5, 5.41) is 10.8. The number of hydrogen-bond donors (Lipinski definition) is 0. The largest absolute Gasteiger partial charge is 0.490 e. The van der Waals surface area contributed by atoms with E-state index in [1.165, 1.54) is 13.2 Å². The van der Waals surface area contributed by atoms with Gasteiger partial charge < -0.3 is 4.74 Å². The number of nitro groups is 1. The molecule has 1 heterocycles. The van der Waals surface area contributed by atoms with E-state index in [0.717, 1.165) is 11.3 Å². The zero-order chi connectivity index (χ0) is 15.7. The van der Waals surface area contributed by atoms with Crippen LogP contribution in [-0.4, -0.2) is 17.0 Å². The van der Waals surface area contributed by atoms with Crippen molar-refractivity contribution in [2.75, 3.05) is 7.11 Å².